The second-order valence-corrected chi connectivity index (χ2v) is 5.81. The van der Waals surface area contributed by atoms with Gasteiger partial charge in [0.05, 0.1) is 11.5 Å². The third-order valence-corrected chi connectivity index (χ3v) is 4.09. The summed E-state index contributed by atoms with van der Waals surface area (Å²) < 4.78 is 15.9. The van der Waals surface area contributed by atoms with Gasteiger partial charge in [0.2, 0.25) is 0 Å². The number of nitro groups is 1. The second kappa shape index (κ2) is 6.49. The van der Waals surface area contributed by atoms with Gasteiger partial charge in [0.1, 0.15) is 18.1 Å². The maximum atomic E-state index is 12.3. The summed E-state index contributed by atoms with van der Waals surface area (Å²) >= 11 is 0. The molecule has 0 saturated heterocycles. The van der Waals surface area contributed by atoms with Gasteiger partial charge < -0.3 is 19.2 Å². The Hall–Kier alpha value is -3.39. The highest BCUT2D eigenvalue weighted by Crippen LogP contribution is 2.33. The molecule has 4 rings (SSSR count). The smallest absolute Gasteiger partial charge is 0.355 e. The van der Waals surface area contributed by atoms with Crippen LogP contribution < -0.4 is 4.74 Å². The first-order valence-electron chi connectivity index (χ1n) is 7.87. The zero-order chi connectivity index (χ0) is 18.1. The van der Waals surface area contributed by atoms with Crippen LogP contribution in [0.3, 0.4) is 0 Å². The number of nitrogens with one attached hydrogen (secondary N) is 1. The third kappa shape index (κ3) is 2.98. The number of benzene rings is 2. The summed E-state index contributed by atoms with van der Waals surface area (Å²) in [5, 5.41) is 12.0. The van der Waals surface area contributed by atoms with Crippen LogP contribution in [0.1, 0.15) is 21.6 Å². The van der Waals surface area contributed by atoms with Crippen LogP contribution in [0.2, 0.25) is 0 Å². The fourth-order valence-corrected chi connectivity index (χ4v) is 2.90. The number of carbonyl (C=O) groups excluding carboxylic acids is 1. The molecule has 0 amide bonds. The fraction of sp³-hybridized carbons (Fsp3) is 0.167. The number of hydrogen-bond donors (Lipinski definition) is 1. The van der Waals surface area contributed by atoms with Gasteiger partial charge in [-0.2, -0.15) is 0 Å². The lowest BCUT2D eigenvalue weighted by molar-refractivity contribution is -0.385. The van der Waals surface area contributed by atoms with Gasteiger partial charge in [-0.05, 0) is 12.1 Å². The van der Waals surface area contributed by atoms with Gasteiger partial charge in [0.25, 0.3) is 5.69 Å². The topological polar surface area (TPSA) is 104 Å². The summed E-state index contributed by atoms with van der Waals surface area (Å²) in [4.78, 5) is 25.9. The Kier molecular flexibility index (Phi) is 4.02. The number of carbonyl (C=O) groups is 1. The van der Waals surface area contributed by atoms with Crippen LogP contribution >= 0.6 is 0 Å². The molecule has 8 heteroatoms. The molecule has 0 bridgehead atoms. The average Bonchev–Trinajstić information content (AvgIpc) is 3.10. The highest BCUT2D eigenvalue weighted by atomic mass is 16.7. The van der Waals surface area contributed by atoms with Crippen molar-refractivity contribution < 1.29 is 23.9 Å². The van der Waals surface area contributed by atoms with E-state index in [0.29, 0.717) is 22.6 Å². The molecule has 0 saturated carbocycles. The van der Waals surface area contributed by atoms with Crippen molar-refractivity contribution in [3.05, 3.63) is 69.4 Å². The Morgan fingerprint density at radius 3 is 2.92 bits per heavy atom. The van der Waals surface area contributed by atoms with Crippen molar-refractivity contribution in [3.8, 4) is 5.75 Å². The minimum Gasteiger partial charge on any atom is -0.467 e. The van der Waals surface area contributed by atoms with Crippen molar-refractivity contribution in [2.45, 2.75) is 13.2 Å². The predicted molar refractivity (Wildman–Crippen MR) is 90.8 cm³/mol. The summed E-state index contributed by atoms with van der Waals surface area (Å²) in [6.07, 6.45) is 0. The van der Waals surface area contributed by atoms with Gasteiger partial charge in [0, 0.05) is 34.2 Å². The lowest BCUT2D eigenvalue weighted by atomic mass is 10.1. The average molecular weight is 354 g/mol. The molecule has 1 N–H and O–H groups in total. The van der Waals surface area contributed by atoms with Crippen LogP contribution in [0.4, 0.5) is 5.69 Å². The van der Waals surface area contributed by atoms with E-state index >= 15 is 0 Å². The van der Waals surface area contributed by atoms with E-state index in [4.69, 9.17) is 14.2 Å². The van der Waals surface area contributed by atoms with Gasteiger partial charge >= 0.3 is 5.97 Å². The number of esters is 1. The van der Waals surface area contributed by atoms with Crippen molar-refractivity contribution in [1.82, 2.24) is 4.98 Å². The summed E-state index contributed by atoms with van der Waals surface area (Å²) in [5.74, 6) is -0.0835. The number of non-ortho nitro benzene ring substituents is 1. The van der Waals surface area contributed by atoms with Crippen molar-refractivity contribution in [2.24, 2.45) is 0 Å². The number of hydrogen-bond acceptors (Lipinski definition) is 6. The van der Waals surface area contributed by atoms with Crippen LogP contribution in [0, 0.1) is 10.1 Å². The third-order valence-electron chi connectivity index (χ3n) is 4.09. The van der Waals surface area contributed by atoms with Crippen LogP contribution in [0.5, 0.6) is 5.75 Å². The number of nitrogens with zero attached hydrogens (tertiary/aromatic N) is 1. The van der Waals surface area contributed by atoms with E-state index in [9.17, 15) is 14.9 Å². The van der Waals surface area contributed by atoms with Gasteiger partial charge in [-0.25, -0.2) is 4.79 Å². The van der Waals surface area contributed by atoms with Gasteiger partial charge in [-0.3, -0.25) is 10.1 Å². The molecule has 26 heavy (non-hydrogen) atoms. The Labute approximate surface area is 147 Å². The Bertz CT molecular complexity index is 977. The zero-order valence-electron chi connectivity index (χ0n) is 13.6. The molecule has 0 fully saturated rings. The summed E-state index contributed by atoms with van der Waals surface area (Å²) in [6, 6.07) is 11.9. The number of fused-ring (bicyclic) bond motifs is 2. The minimum absolute atomic E-state index is 0.0494. The Morgan fingerprint density at radius 1 is 1.27 bits per heavy atom. The number of rotatable bonds is 4. The number of aromatic nitrogens is 1. The van der Waals surface area contributed by atoms with E-state index in [2.05, 4.69) is 4.98 Å². The normalized spacial score (nSPS) is 13.1. The number of ether oxygens (including phenoxy) is 3. The maximum absolute atomic E-state index is 12.3. The monoisotopic (exact) mass is 354 g/mol. The minimum atomic E-state index is -0.548. The van der Waals surface area contributed by atoms with E-state index in [1.54, 1.807) is 6.07 Å². The van der Waals surface area contributed by atoms with E-state index in [-0.39, 0.29) is 25.7 Å². The first-order valence-corrected chi connectivity index (χ1v) is 7.87. The Morgan fingerprint density at radius 2 is 2.12 bits per heavy atom. The van der Waals surface area contributed by atoms with Crippen LogP contribution in [-0.4, -0.2) is 22.7 Å². The number of para-hydroxylation sites is 1. The SMILES string of the molecule is O=C(OCc1cc([N+](=O)[O-])cc2c1OCOC2)c1cc2ccccc2[nH]1. The van der Waals surface area contributed by atoms with Crippen molar-refractivity contribution in [3.63, 3.8) is 0 Å². The molecule has 0 unspecified atom stereocenters. The molecule has 0 spiro atoms. The number of aromatic amines is 1. The lowest BCUT2D eigenvalue weighted by Gasteiger charge is -2.20. The standard InChI is InChI=1S/C18H14N2O6/c21-18(16-7-11-3-1-2-4-15(11)19-16)25-9-13-6-14(20(22)23)5-12-8-24-10-26-17(12)13/h1-7,19H,8-10H2. The summed E-state index contributed by atoms with van der Waals surface area (Å²) in [6.45, 7) is 0.117. The molecule has 1 aliphatic rings. The van der Waals surface area contributed by atoms with Crippen molar-refractivity contribution >= 4 is 22.6 Å². The van der Waals surface area contributed by atoms with Gasteiger partial charge in [-0.1, -0.05) is 18.2 Å². The lowest BCUT2D eigenvalue weighted by Crippen LogP contribution is -2.15. The molecule has 0 atom stereocenters. The first kappa shape index (κ1) is 16.1. The molecule has 3 aromatic rings. The quantitative estimate of drug-likeness (QED) is 0.438. The van der Waals surface area contributed by atoms with Crippen molar-refractivity contribution in [1.29, 1.82) is 0 Å². The van der Waals surface area contributed by atoms with Gasteiger partial charge in [0.15, 0.2) is 6.79 Å². The molecule has 0 radical (unpaired) electrons. The van der Waals surface area contributed by atoms with Gasteiger partial charge in [-0.15, -0.1) is 0 Å². The molecule has 2 heterocycles. The molecule has 8 nitrogen and oxygen atoms in total. The molecular formula is C18H14N2O6. The highest BCUT2D eigenvalue weighted by Gasteiger charge is 2.22. The van der Waals surface area contributed by atoms with Crippen LogP contribution in [0.15, 0.2) is 42.5 Å². The summed E-state index contributed by atoms with van der Waals surface area (Å²) in [7, 11) is 0. The molecule has 2 aromatic carbocycles. The Balaban J connectivity index is 1.57. The number of H-pyrrole nitrogens is 1. The second-order valence-electron chi connectivity index (χ2n) is 5.81. The maximum Gasteiger partial charge on any atom is 0.355 e. The van der Waals surface area contributed by atoms with Crippen LogP contribution in [-0.2, 0) is 22.7 Å². The highest BCUT2D eigenvalue weighted by molar-refractivity contribution is 5.94. The number of nitro benzene ring substituents is 1. The van der Waals surface area contributed by atoms with E-state index in [1.807, 2.05) is 24.3 Å². The largest absolute Gasteiger partial charge is 0.467 e. The van der Waals surface area contributed by atoms with Crippen molar-refractivity contribution in [2.75, 3.05) is 6.79 Å². The van der Waals surface area contributed by atoms with E-state index in [1.165, 1.54) is 12.1 Å². The molecule has 0 aliphatic carbocycles. The van der Waals surface area contributed by atoms with E-state index in [0.717, 1.165) is 10.9 Å². The fourth-order valence-electron chi connectivity index (χ4n) is 2.90. The molecule has 132 valence electrons. The summed E-state index contributed by atoms with van der Waals surface area (Å²) in [5.41, 5.74) is 2.03. The van der Waals surface area contributed by atoms with E-state index < -0.39 is 10.9 Å². The predicted octanol–water partition coefficient (Wildman–Crippen LogP) is 3.30. The molecule has 1 aromatic heterocycles. The zero-order valence-corrected chi connectivity index (χ0v) is 13.6. The molecule has 1 aliphatic heterocycles. The van der Waals surface area contributed by atoms with Crippen LogP contribution in [0.25, 0.3) is 10.9 Å². The molecular weight excluding hydrogens is 340 g/mol. The first-order chi connectivity index (χ1) is 12.6.